The lowest BCUT2D eigenvalue weighted by Crippen LogP contribution is -2.73. The normalized spacial score (nSPS) is 56.2. The van der Waals surface area contributed by atoms with Crippen LogP contribution >= 0.6 is 0 Å². The van der Waals surface area contributed by atoms with Gasteiger partial charge in [0.05, 0.1) is 43.5 Å². The molecule has 21 atom stereocenters. The maximum absolute atomic E-state index is 14.4. The van der Waals surface area contributed by atoms with Crippen molar-refractivity contribution in [2.75, 3.05) is 19.8 Å². The maximum atomic E-state index is 14.4. The van der Waals surface area contributed by atoms with Crippen molar-refractivity contribution in [1.29, 1.82) is 0 Å². The van der Waals surface area contributed by atoms with Crippen LogP contribution in [0.3, 0.4) is 0 Å². The molecular formula is C42H68O15. The topological polar surface area (TPSA) is 256 Å². The van der Waals surface area contributed by atoms with Gasteiger partial charge in [-0.15, -0.1) is 0 Å². The number of carbonyl (C=O) groups excluding carboxylic acids is 1. The second-order valence-electron chi connectivity index (χ2n) is 20.6. The van der Waals surface area contributed by atoms with Gasteiger partial charge in [-0.25, -0.2) is 0 Å². The number of carbonyl (C=O) groups is 1. The number of rotatable bonds is 7. The van der Waals surface area contributed by atoms with Crippen LogP contribution in [0.1, 0.15) is 93.4 Å². The molecule has 10 N–H and O–H groups in total. The lowest BCUT2D eigenvalue weighted by molar-refractivity contribution is -0.368. The molecule has 0 amide bonds. The van der Waals surface area contributed by atoms with Crippen LogP contribution in [0.15, 0.2) is 11.6 Å². The van der Waals surface area contributed by atoms with Gasteiger partial charge in [-0.3, -0.25) is 4.79 Å². The van der Waals surface area contributed by atoms with E-state index < -0.39 is 119 Å². The number of hydrogen-bond acceptors (Lipinski definition) is 15. The van der Waals surface area contributed by atoms with Gasteiger partial charge in [-0.2, -0.15) is 0 Å². The summed E-state index contributed by atoms with van der Waals surface area (Å²) in [5, 5.41) is 110. The zero-order valence-corrected chi connectivity index (χ0v) is 34.4. The van der Waals surface area contributed by atoms with E-state index in [2.05, 4.69) is 27.7 Å². The molecule has 2 heterocycles. The SMILES string of the molecule is CC1OC(OC2CCC3(C)C(CCC4(C)C3C(O)C=C3C5CC(C)(C)CCC5(CO)C(=O)C(O)C34C)C2(C)CO)C(O)C(OC2OC(CO)C(O)C(O)C2O)C1O. The molecule has 0 aromatic heterocycles. The molecule has 5 aliphatic carbocycles. The third kappa shape index (κ3) is 6.15. The van der Waals surface area contributed by atoms with Gasteiger partial charge in [0.2, 0.25) is 0 Å². The van der Waals surface area contributed by atoms with E-state index in [4.69, 9.17) is 18.9 Å². The summed E-state index contributed by atoms with van der Waals surface area (Å²) in [6.07, 6.45) is -12.1. The first-order chi connectivity index (χ1) is 26.5. The molecule has 0 aromatic rings. The van der Waals surface area contributed by atoms with E-state index in [0.717, 1.165) is 12.0 Å². The van der Waals surface area contributed by atoms with Crippen LogP contribution in [0.25, 0.3) is 0 Å². The van der Waals surface area contributed by atoms with Gasteiger partial charge in [0.15, 0.2) is 18.4 Å². The number of Topliss-reactive ketones (excluding diaryl/α,β-unsaturated/α-hetero) is 1. The molecule has 57 heavy (non-hydrogen) atoms. The Hall–Kier alpha value is -1.15. The first kappa shape index (κ1) is 43.9. The van der Waals surface area contributed by atoms with Crippen molar-refractivity contribution in [3.8, 4) is 0 Å². The summed E-state index contributed by atoms with van der Waals surface area (Å²) < 4.78 is 23.9. The second kappa shape index (κ2) is 14.7. The molecule has 0 spiro atoms. The Morgan fingerprint density at radius 1 is 0.754 bits per heavy atom. The molecule has 15 heteroatoms. The van der Waals surface area contributed by atoms with Gasteiger partial charge in [0.25, 0.3) is 0 Å². The summed E-state index contributed by atoms with van der Waals surface area (Å²) >= 11 is 0. The molecule has 2 aliphatic heterocycles. The monoisotopic (exact) mass is 812 g/mol. The zero-order valence-electron chi connectivity index (χ0n) is 34.4. The summed E-state index contributed by atoms with van der Waals surface area (Å²) in [4.78, 5) is 14.4. The first-order valence-corrected chi connectivity index (χ1v) is 21.0. The summed E-state index contributed by atoms with van der Waals surface area (Å²) in [6, 6.07) is 0. The van der Waals surface area contributed by atoms with Crippen molar-refractivity contribution in [3.63, 3.8) is 0 Å². The number of hydrogen-bond donors (Lipinski definition) is 10. The van der Waals surface area contributed by atoms with E-state index in [-0.39, 0.29) is 36.2 Å². The van der Waals surface area contributed by atoms with Crippen molar-refractivity contribution >= 4 is 5.78 Å². The smallest absolute Gasteiger partial charge is 0.187 e. The third-order valence-corrected chi connectivity index (χ3v) is 17.3. The summed E-state index contributed by atoms with van der Waals surface area (Å²) in [5.74, 6) is -1.29. The molecule has 21 unspecified atom stereocenters. The quantitative estimate of drug-likeness (QED) is 0.119. The molecule has 7 rings (SSSR count). The van der Waals surface area contributed by atoms with Crippen LogP contribution in [-0.4, -0.2) is 156 Å². The Balaban J connectivity index is 1.17. The average molecular weight is 813 g/mol. The van der Waals surface area contributed by atoms with E-state index in [1.165, 1.54) is 0 Å². The maximum Gasteiger partial charge on any atom is 0.187 e. The highest BCUT2D eigenvalue weighted by atomic mass is 16.7. The summed E-state index contributed by atoms with van der Waals surface area (Å²) in [6.45, 7) is 12.7. The average Bonchev–Trinajstić information content (AvgIpc) is 3.16. The molecule has 6 fully saturated rings. The van der Waals surface area contributed by atoms with Gasteiger partial charge in [0.1, 0.15) is 48.8 Å². The highest BCUT2D eigenvalue weighted by molar-refractivity contribution is 5.93. The third-order valence-electron chi connectivity index (χ3n) is 17.3. The summed E-state index contributed by atoms with van der Waals surface area (Å²) in [5.41, 5.74) is -3.64. The van der Waals surface area contributed by atoms with E-state index in [1.807, 2.05) is 19.9 Å². The number of aliphatic hydroxyl groups excluding tert-OH is 10. The van der Waals surface area contributed by atoms with E-state index >= 15 is 0 Å². The zero-order chi connectivity index (χ0) is 42.0. The Morgan fingerprint density at radius 2 is 1.42 bits per heavy atom. The van der Waals surface area contributed by atoms with Crippen LogP contribution in [-0.2, 0) is 23.7 Å². The predicted octanol–water partition coefficient (Wildman–Crippen LogP) is -0.0897. The Kier molecular flexibility index (Phi) is 11.4. The molecule has 0 aromatic carbocycles. The Bertz CT molecular complexity index is 1560. The van der Waals surface area contributed by atoms with Crippen LogP contribution in [0.2, 0.25) is 0 Å². The fourth-order valence-corrected chi connectivity index (χ4v) is 13.7. The lowest BCUT2D eigenvalue weighted by atomic mass is 9.32. The number of ketones is 1. The van der Waals surface area contributed by atoms with Crippen molar-refractivity contribution in [3.05, 3.63) is 11.6 Å². The van der Waals surface area contributed by atoms with Crippen LogP contribution in [0.4, 0.5) is 0 Å². The van der Waals surface area contributed by atoms with Crippen molar-refractivity contribution in [1.82, 2.24) is 0 Å². The predicted molar refractivity (Wildman–Crippen MR) is 201 cm³/mol. The minimum Gasteiger partial charge on any atom is -0.396 e. The van der Waals surface area contributed by atoms with E-state index in [0.29, 0.717) is 38.5 Å². The van der Waals surface area contributed by atoms with Crippen LogP contribution in [0.5, 0.6) is 0 Å². The highest BCUT2D eigenvalue weighted by Crippen LogP contribution is 2.75. The molecule has 7 aliphatic rings. The fourth-order valence-electron chi connectivity index (χ4n) is 13.7. The van der Waals surface area contributed by atoms with Crippen LogP contribution in [0, 0.1) is 50.2 Å². The molecule has 4 saturated carbocycles. The van der Waals surface area contributed by atoms with E-state index in [1.54, 1.807) is 6.92 Å². The standard InChI is InChI=1S/C42H68O15/c1-19-26(47)31(57-35-29(50)28(49)27(48)23(16-43)55-35)30(51)36(54-19)56-25-9-10-38(4)24(39(25,5)17-44)8-11-40(6)32(38)22(46)14-20-21-15-37(2,3)12-13-42(21,18-45)34(53)33(52)41(20,40)7/h14,19,21-33,35-36,43-52H,8-13,15-18H2,1-7H3. The van der Waals surface area contributed by atoms with E-state index in [9.17, 15) is 55.9 Å². The van der Waals surface area contributed by atoms with Crippen molar-refractivity contribution < 1.29 is 74.8 Å². The molecule has 2 saturated heterocycles. The van der Waals surface area contributed by atoms with Gasteiger partial charge in [-0.1, -0.05) is 53.2 Å². The first-order valence-electron chi connectivity index (χ1n) is 21.0. The Morgan fingerprint density at radius 3 is 2.05 bits per heavy atom. The minimum atomic E-state index is -1.77. The minimum absolute atomic E-state index is 0.0983. The number of ether oxygens (including phenoxy) is 4. The second-order valence-corrected chi connectivity index (χ2v) is 20.6. The van der Waals surface area contributed by atoms with Crippen molar-refractivity contribution in [2.45, 2.75) is 173 Å². The van der Waals surface area contributed by atoms with Gasteiger partial charge < -0.3 is 70.0 Å². The van der Waals surface area contributed by atoms with Crippen LogP contribution < -0.4 is 0 Å². The lowest BCUT2D eigenvalue weighted by Gasteiger charge is -2.72. The van der Waals surface area contributed by atoms with Gasteiger partial charge >= 0.3 is 0 Å². The van der Waals surface area contributed by atoms with Crippen molar-refractivity contribution in [2.24, 2.45) is 50.2 Å². The molecule has 0 bridgehead atoms. The number of aliphatic hydroxyl groups is 10. The van der Waals surface area contributed by atoms with Gasteiger partial charge in [-0.05, 0) is 80.0 Å². The molecular weight excluding hydrogens is 744 g/mol. The number of fused-ring (bicyclic) bond motifs is 7. The fraction of sp³-hybridized carbons (Fsp3) is 0.929. The Labute approximate surface area is 335 Å². The summed E-state index contributed by atoms with van der Waals surface area (Å²) in [7, 11) is 0. The molecule has 15 nitrogen and oxygen atoms in total. The molecule has 0 radical (unpaired) electrons. The highest BCUT2D eigenvalue weighted by Gasteiger charge is 2.74. The van der Waals surface area contributed by atoms with Gasteiger partial charge in [0, 0.05) is 16.7 Å². The largest absolute Gasteiger partial charge is 0.396 e. The molecule has 326 valence electrons.